The highest BCUT2D eigenvalue weighted by molar-refractivity contribution is 6.31. The van der Waals surface area contributed by atoms with Gasteiger partial charge in [-0.15, -0.1) is 0 Å². The Kier molecular flexibility index (Phi) is 5.97. The fourth-order valence-corrected chi connectivity index (χ4v) is 2.92. The van der Waals surface area contributed by atoms with Crippen molar-refractivity contribution in [1.29, 1.82) is 0 Å². The molecule has 1 aromatic carbocycles. The van der Waals surface area contributed by atoms with E-state index in [0.29, 0.717) is 12.2 Å². The molecule has 0 fully saturated rings. The van der Waals surface area contributed by atoms with Crippen molar-refractivity contribution in [1.82, 2.24) is 20.3 Å². The topological polar surface area (TPSA) is 73.0 Å². The Morgan fingerprint density at radius 3 is 2.55 bits per heavy atom. The lowest BCUT2D eigenvalue weighted by Crippen LogP contribution is -2.25. The lowest BCUT2D eigenvalue weighted by molar-refractivity contribution is -0.141. The number of nitrogens with zero attached hydrogens (tertiary/aromatic N) is 3. The molecule has 0 bridgehead atoms. The van der Waals surface area contributed by atoms with Crippen LogP contribution in [-0.4, -0.2) is 27.4 Å². The number of aryl methyl sites for hydroxylation is 2. The number of rotatable bonds is 6. The van der Waals surface area contributed by atoms with Crippen molar-refractivity contribution < 1.29 is 22.5 Å². The Morgan fingerprint density at radius 1 is 1.24 bits per heavy atom. The van der Waals surface area contributed by atoms with E-state index in [-0.39, 0.29) is 24.5 Å². The molecule has 1 N–H and O–H groups in total. The molecule has 0 unspecified atom stereocenters. The maximum absolute atomic E-state index is 12.8. The first-order chi connectivity index (χ1) is 13.7. The van der Waals surface area contributed by atoms with Gasteiger partial charge in [-0.3, -0.25) is 9.48 Å². The summed E-state index contributed by atoms with van der Waals surface area (Å²) in [7, 11) is 0. The minimum atomic E-state index is -4.61. The van der Waals surface area contributed by atoms with Crippen LogP contribution in [0.15, 0.2) is 34.9 Å². The molecule has 2 heterocycles. The van der Waals surface area contributed by atoms with Crippen LogP contribution in [0.1, 0.15) is 33.9 Å². The minimum Gasteiger partial charge on any atom is -0.355 e. The van der Waals surface area contributed by atoms with Gasteiger partial charge in [0.25, 0.3) is 5.91 Å². The van der Waals surface area contributed by atoms with E-state index < -0.39 is 22.8 Å². The number of carbonyl (C=O) groups is 1. The number of hydrogen-bond acceptors (Lipinski definition) is 4. The summed E-state index contributed by atoms with van der Waals surface area (Å²) in [4.78, 5) is 12.2. The normalized spacial score (nSPS) is 11.7. The lowest BCUT2D eigenvalue weighted by Gasteiger charge is -2.05. The smallest absolute Gasteiger partial charge is 0.355 e. The highest BCUT2D eigenvalue weighted by Crippen LogP contribution is 2.35. The molecule has 10 heteroatoms. The number of benzene rings is 1. The summed E-state index contributed by atoms with van der Waals surface area (Å²) >= 11 is 5.71. The van der Waals surface area contributed by atoms with Gasteiger partial charge in [-0.25, -0.2) is 0 Å². The van der Waals surface area contributed by atoms with E-state index in [1.54, 1.807) is 0 Å². The quantitative estimate of drug-likeness (QED) is 0.582. The second-order valence-electron chi connectivity index (χ2n) is 6.52. The Morgan fingerprint density at radius 2 is 1.93 bits per heavy atom. The Labute approximate surface area is 169 Å². The van der Waals surface area contributed by atoms with E-state index in [2.05, 4.69) is 15.6 Å². The highest BCUT2D eigenvalue weighted by Gasteiger charge is 2.38. The van der Waals surface area contributed by atoms with Gasteiger partial charge in [0, 0.05) is 24.7 Å². The number of nitrogens with one attached hydrogen (secondary N) is 1. The molecule has 0 radical (unpaired) electrons. The molecule has 0 aliphatic carbocycles. The molecule has 6 nitrogen and oxygen atoms in total. The summed E-state index contributed by atoms with van der Waals surface area (Å²) in [6.45, 7) is 3.83. The van der Waals surface area contributed by atoms with Crippen molar-refractivity contribution >= 4 is 17.5 Å². The van der Waals surface area contributed by atoms with E-state index in [9.17, 15) is 18.0 Å². The second-order valence-corrected chi connectivity index (χ2v) is 6.90. The first-order valence-corrected chi connectivity index (χ1v) is 9.16. The standard InChI is InChI=1S/C19H18ClF3N4O2/c1-11-4-6-13(7-5-11)15-10-14(26-29-15)18(28)24-8-3-9-27-12(2)16(20)17(25-27)19(21,22)23/h4-7,10H,3,8-9H2,1-2H3,(H,24,28). The van der Waals surface area contributed by atoms with Gasteiger partial charge < -0.3 is 9.84 Å². The number of amides is 1. The molecule has 3 aromatic rings. The molecule has 0 saturated carbocycles. The van der Waals surface area contributed by atoms with Crippen LogP contribution in [0.25, 0.3) is 11.3 Å². The maximum atomic E-state index is 12.8. The first kappa shape index (κ1) is 20.9. The second kappa shape index (κ2) is 8.28. The molecule has 0 aliphatic heterocycles. The molecule has 0 saturated heterocycles. The van der Waals surface area contributed by atoms with Gasteiger partial charge in [0.1, 0.15) is 0 Å². The number of alkyl halides is 3. The fraction of sp³-hybridized carbons (Fsp3) is 0.316. The maximum Gasteiger partial charge on any atom is 0.436 e. The number of carbonyl (C=O) groups excluding carboxylic acids is 1. The van der Waals surface area contributed by atoms with E-state index in [0.717, 1.165) is 11.1 Å². The van der Waals surface area contributed by atoms with Gasteiger partial charge in [-0.2, -0.15) is 18.3 Å². The average Bonchev–Trinajstić information content (AvgIpc) is 3.26. The van der Waals surface area contributed by atoms with Crippen LogP contribution >= 0.6 is 11.6 Å². The van der Waals surface area contributed by atoms with Crippen molar-refractivity contribution in [3.8, 4) is 11.3 Å². The molecule has 2 aromatic heterocycles. The van der Waals surface area contributed by atoms with Gasteiger partial charge in [0.15, 0.2) is 17.1 Å². The van der Waals surface area contributed by atoms with Gasteiger partial charge in [-0.05, 0) is 20.3 Å². The molecule has 29 heavy (non-hydrogen) atoms. The predicted molar refractivity (Wildman–Crippen MR) is 101 cm³/mol. The zero-order chi connectivity index (χ0) is 21.2. The van der Waals surface area contributed by atoms with Gasteiger partial charge in [-0.1, -0.05) is 46.6 Å². The molecular weight excluding hydrogens is 409 g/mol. The van der Waals surface area contributed by atoms with Crippen LogP contribution in [-0.2, 0) is 12.7 Å². The lowest BCUT2D eigenvalue weighted by atomic mass is 10.1. The summed E-state index contributed by atoms with van der Waals surface area (Å²) in [5.74, 6) is 0.0370. The summed E-state index contributed by atoms with van der Waals surface area (Å²) in [5.41, 5.74) is 1.14. The van der Waals surface area contributed by atoms with Crippen LogP contribution in [0.4, 0.5) is 13.2 Å². The summed E-state index contributed by atoms with van der Waals surface area (Å²) in [5, 5.41) is 9.53. The van der Waals surface area contributed by atoms with Crippen molar-refractivity contribution in [2.45, 2.75) is 33.0 Å². The van der Waals surface area contributed by atoms with Crippen LogP contribution in [0, 0.1) is 13.8 Å². The van der Waals surface area contributed by atoms with Gasteiger partial charge in [0.05, 0.1) is 10.7 Å². The molecule has 0 aliphatic rings. The first-order valence-electron chi connectivity index (χ1n) is 8.79. The largest absolute Gasteiger partial charge is 0.436 e. The molecule has 3 rings (SSSR count). The molecule has 0 atom stereocenters. The third kappa shape index (κ3) is 4.79. The fourth-order valence-electron chi connectivity index (χ4n) is 2.68. The van der Waals surface area contributed by atoms with E-state index in [1.165, 1.54) is 17.7 Å². The van der Waals surface area contributed by atoms with E-state index in [4.69, 9.17) is 16.1 Å². The molecule has 1 amide bonds. The minimum absolute atomic E-state index is 0.123. The van der Waals surface area contributed by atoms with Crippen LogP contribution in [0.2, 0.25) is 5.02 Å². The third-order valence-electron chi connectivity index (χ3n) is 4.31. The third-order valence-corrected chi connectivity index (χ3v) is 4.77. The van der Waals surface area contributed by atoms with E-state index in [1.807, 2.05) is 31.2 Å². The van der Waals surface area contributed by atoms with Crippen LogP contribution in [0.3, 0.4) is 0 Å². The highest BCUT2D eigenvalue weighted by atomic mass is 35.5. The Bertz CT molecular complexity index is 1010. The Hall–Kier alpha value is -2.81. The molecule has 0 spiro atoms. The van der Waals surface area contributed by atoms with Crippen molar-refractivity contribution in [2.75, 3.05) is 6.54 Å². The summed E-state index contributed by atoms with van der Waals surface area (Å²) < 4.78 is 44.9. The van der Waals surface area contributed by atoms with Gasteiger partial charge in [0.2, 0.25) is 0 Å². The SMILES string of the molecule is Cc1ccc(-c2cc(C(=O)NCCCn3nc(C(F)(F)F)c(Cl)c3C)no2)cc1. The van der Waals surface area contributed by atoms with Crippen molar-refractivity contribution in [2.24, 2.45) is 0 Å². The average molecular weight is 427 g/mol. The summed E-state index contributed by atoms with van der Waals surface area (Å²) in [6.07, 6.45) is -4.24. The van der Waals surface area contributed by atoms with Gasteiger partial charge >= 0.3 is 6.18 Å². The zero-order valence-corrected chi connectivity index (χ0v) is 16.4. The summed E-state index contributed by atoms with van der Waals surface area (Å²) in [6, 6.07) is 9.11. The van der Waals surface area contributed by atoms with Crippen molar-refractivity contribution in [3.63, 3.8) is 0 Å². The monoisotopic (exact) mass is 426 g/mol. The van der Waals surface area contributed by atoms with E-state index >= 15 is 0 Å². The molecule has 154 valence electrons. The Balaban J connectivity index is 1.54. The number of hydrogen-bond donors (Lipinski definition) is 1. The number of halogens is 4. The zero-order valence-electron chi connectivity index (χ0n) is 15.7. The number of aromatic nitrogens is 3. The molecular formula is C19H18ClF3N4O2. The predicted octanol–water partition coefficient (Wildman–Crippen LogP) is 4.65. The van der Waals surface area contributed by atoms with Crippen LogP contribution in [0.5, 0.6) is 0 Å². The van der Waals surface area contributed by atoms with Crippen molar-refractivity contribution in [3.05, 3.63) is 58.0 Å². The van der Waals surface area contributed by atoms with Crippen LogP contribution < -0.4 is 5.32 Å².